The molecule has 1 aromatic rings. The lowest BCUT2D eigenvalue weighted by Crippen LogP contribution is -2.24. The van der Waals surface area contributed by atoms with Crippen molar-refractivity contribution in [3.8, 4) is 0 Å². The van der Waals surface area contributed by atoms with Gasteiger partial charge in [-0.1, -0.05) is 13.0 Å². The fraction of sp³-hybridized carbons (Fsp3) is 0.688. The maximum atomic E-state index is 5.66. The SMILES string of the molecule is CCNC(C)c1ccc(N(C)CCOCC2CC2)nc1. The Morgan fingerprint density at radius 3 is 2.85 bits per heavy atom. The molecule has 1 aromatic heterocycles. The summed E-state index contributed by atoms with van der Waals surface area (Å²) in [7, 11) is 2.07. The number of likely N-dealkylation sites (N-methyl/N-ethyl adjacent to an activating group) is 1. The van der Waals surface area contributed by atoms with Crippen LogP contribution in [0.2, 0.25) is 0 Å². The first-order chi connectivity index (χ1) is 9.70. The first-order valence-electron chi connectivity index (χ1n) is 7.69. The number of rotatable bonds is 9. The van der Waals surface area contributed by atoms with E-state index in [-0.39, 0.29) is 0 Å². The summed E-state index contributed by atoms with van der Waals surface area (Å²) < 4.78 is 5.66. The molecule has 0 aliphatic heterocycles. The third kappa shape index (κ3) is 4.76. The summed E-state index contributed by atoms with van der Waals surface area (Å²) in [5.74, 6) is 1.85. The molecule has 4 heteroatoms. The van der Waals surface area contributed by atoms with E-state index in [0.717, 1.165) is 38.0 Å². The Morgan fingerprint density at radius 1 is 1.45 bits per heavy atom. The molecule has 1 aliphatic rings. The van der Waals surface area contributed by atoms with Crippen LogP contribution < -0.4 is 10.2 Å². The summed E-state index contributed by atoms with van der Waals surface area (Å²) in [6.07, 6.45) is 4.66. The number of nitrogens with one attached hydrogen (secondary N) is 1. The standard InChI is InChI=1S/C16H27N3O/c1-4-17-13(2)15-7-8-16(18-11-15)19(3)9-10-20-12-14-5-6-14/h7-8,11,13-14,17H,4-6,9-10,12H2,1-3H3. The highest BCUT2D eigenvalue weighted by atomic mass is 16.5. The zero-order valence-electron chi connectivity index (χ0n) is 12.9. The minimum Gasteiger partial charge on any atom is -0.379 e. The molecule has 1 heterocycles. The molecule has 0 bridgehead atoms. The Morgan fingerprint density at radius 2 is 2.25 bits per heavy atom. The van der Waals surface area contributed by atoms with Crippen molar-refractivity contribution < 1.29 is 4.74 Å². The maximum Gasteiger partial charge on any atom is 0.128 e. The van der Waals surface area contributed by atoms with Gasteiger partial charge in [0.25, 0.3) is 0 Å². The maximum absolute atomic E-state index is 5.66. The third-order valence-corrected chi connectivity index (χ3v) is 3.79. The second-order valence-corrected chi connectivity index (χ2v) is 5.67. The van der Waals surface area contributed by atoms with Gasteiger partial charge in [-0.15, -0.1) is 0 Å². The van der Waals surface area contributed by atoms with Gasteiger partial charge in [0.2, 0.25) is 0 Å². The van der Waals surface area contributed by atoms with Crippen LogP contribution in [0.4, 0.5) is 5.82 Å². The number of aromatic nitrogens is 1. The van der Waals surface area contributed by atoms with Crippen LogP contribution in [0.25, 0.3) is 0 Å². The molecule has 0 amide bonds. The Bertz CT molecular complexity index is 389. The molecule has 112 valence electrons. The molecule has 1 aliphatic carbocycles. The highest BCUT2D eigenvalue weighted by molar-refractivity contribution is 5.38. The van der Waals surface area contributed by atoms with Gasteiger partial charge in [0.1, 0.15) is 5.82 Å². The van der Waals surface area contributed by atoms with Gasteiger partial charge in [0.05, 0.1) is 6.61 Å². The van der Waals surface area contributed by atoms with Crippen LogP contribution >= 0.6 is 0 Å². The second kappa shape index (κ2) is 7.60. The van der Waals surface area contributed by atoms with Gasteiger partial charge < -0.3 is 15.0 Å². The largest absolute Gasteiger partial charge is 0.379 e. The van der Waals surface area contributed by atoms with E-state index in [9.17, 15) is 0 Å². The van der Waals surface area contributed by atoms with E-state index in [1.807, 2.05) is 6.20 Å². The molecule has 1 saturated carbocycles. The average molecular weight is 277 g/mol. The summed E-state index contributed by atoms with van der Waals surface area (Å²) in [6, 6.07) is 4.59. The van der Waals surface area contributed by atoms with E-state index in [4.69, 9.17) is 4.74 Å². The Hall–Kier alpha value is -1.13. The van der Waals surface area contributed by atoms with Crippen molar-refractivity contribution in [2.24, 2.45) is 5.92 Å². The van der Waals surface area contributed by atoms with Crippen molar-refractivity contribution in [1.29, 1.82) is 0 Å². The van der Waals surface area contributed by atoms with E-state index in [1.165, 1.54) is 18.4 Å². The first kappa shape index (κ1) is 15.3. The van der Waals surface area contributed by atoms with Gasteiger partial charge in [0, 0.05) is 32.4 Å². The van der Waals surface area contributed by atoms with Crippen molar-refractivity contribution in [2.45, 2.75) is 32.7 Å². The van der Waals surface area contributed by atoms with Crippen LogP contribution in [0.5, 0.6) is 0 Å². The number of hydrogen-bond acceptors (Lipinski definition) is 4. The fourth-order valence-corrected chi connectivity index (χ4v) is 2.15. The third-order valence-electron chi connectivity index (χ3n) is 3.79. The molecule has 0 aromatic carbocycles. The molecular weight excluding hydrogens is 250 g/mol. The van der Waals surface area contributed by atoms with Crippen LogP contribution in [0.3, 0.4) is 0 Å². The van der Waals surface area contributed by atoms with E-state index < -0.39 is 0 Å². The lowest BCUT2D eigenvalue weighted by Gasteiger charge is -2.19. The summed E-state index contributed by atoms with van der Waals surface area (Å²) in [5, 5.41) is 3.40. The van der Waals surface area contributed by atoms with E-state index in [1.54, 1.807) is 0 Å². The number of nitrogens with zero attached hydrogens (tertiary/aromatic N) is 2. The van der Waals surface area contributed by atoms with Crippen LogP contribution in [0, 0.1) is 5.92 Å². The fourth-order valence-electron chi connectivity index (χ4n) is 2.15. The molecule has 0 saturated heterocycles. The molecule has 4 nitrogen and oxygen atoms in total. The van der Waals surface area contributed by atoms with Crippen LogP contribution in [0.15, 0.2) is 18.3 Å². The monoisotopic (exact) mass is 277 g/mol. The quantitative estimate of drug-likeness (QED) is 0.704. The van der Waals surface area contributed by atoms with Crippen molar-refractivity contribution in [2.75, 3.05) is 38.3 Å². The lowest BCUT2D eigenvalue weighted by molar-refractivity contribution is 0.131. The number of pyridine rings is 1. The lowest BCUT2D eigenvalue weighted by atomic mass is 10.1. The number of hydrogen-bond donors (Lipinski definition) is 1. The Balaban J connectivity index is 1.75. The normalized spacial score (nSPS) is 16.1. The average Bonchev–Trinajstić information content (AvgIpc) is 3.28. The first-order valence-corrected chi connectivity index (χ1v) is 7.69. The van der Waals surface area contributed by atoms with Crippen molar-refractivity contribution in [3.05, 3.63) is 23.9 Å². The van der Waals surface area contributed by atoms with Gasteiger partial charge in [-0.2, -0.15) is 0 Å². The zero-order chi connectivity index (χ0) is 14.4. The smallest absolute Gasteiger partial charge is 0.128 e. The summed E-state index contributed by atoms with van der Waals surface area (Å²) in [5.41, 5.74) is 1.23. The summed E-state index contributed by atoms with van der Waals surface area (Å²) >= 11 is 0. The number of anilines is 1. The molecule has 1 fully saturated rings. The second-order valence-electron chi connectivity index (χ2n) is 5.67. The summed E-state index contributed by atoms with van der Waals surface area (Å²) in [6.45, 7) is 7.86. The van der Waals surface area contributed by atoms with Crippen LogP contribution in [0.1, 0.15) is 38.3 Å². The van der Waals surface area contributed by atoms with Gasteiger partial charge >= 0.3 is 0 Å². The minimum absolute atomic E-state index is 0.355. The van der Waals surface area contributed by atoms with E-state index in [0.29, 0.717) is 6.04 Å². The van der Waals surface area contributed by atoms with Crippen molar-refractivity contribution in [1.82, 2.24) is 10.3 Å². The van der Waals surface area contributed by atoms with Crippen LogP contribution in [-0.4, -0.2) is 38.3 Å². The molecule has 0 spiro atoms. The van der Waals surface area contributed by atoms with Gasteiger partial charge in [-0.05, 0) is 43.9 Å². The highest BCUT2D eigenvalue weighted by Gasteiger charge is 2.21. The zero-order valence-corrected chi connectivity index (χ0v) is 12.9. The Labute approximate surface area is 122 Å². The van der Waals surface area contributed by atoms with Gasteiger partial charge in [-0.25, -0.2) is 4.98 Å². The molecule has 1 unspecified atom stereocenters. The predicted molar refractivity (Wildman–Crippen MR) is 83.1 cm³/mol. The molecule has 1 N–H and O–H groups in total. The van der Waals surface area contributed by atoms with Crippen molar-refractivity contribution >= 4 is 5.82 Å². The highest BCUT2D eigenvalue weighted by Crippen LogP contribution is 2.28. The molecule has 1 atom stereocenters. The van der Waals surface area contributed by atoms with E-state index >= 15 is 0 Å². The van der Waals surface area contributed by atoms with Gasteiger partial charge in [-0.3, -0.25) is 0 Å². The summed E-state index contributed by atoms with van der Waals surface area (Å²) in [4.78, 5) is 6.69. The topological polar surface area (TPSA) is 37.4 Å². The van der Waals surface area contributed by atoms with Crippen molar-refractivity contribution in [3.63, 3.8) is 0 Å². The molecule has 20 heavy (non-hydrogen) atoms. The van der Waals surface area contributed by atoms with E-state index in [2.05, 4.69) is 48.2 Å². The minimum atomic E-state index is 0.355. The van der Waals surface area contributed by atoms with Crippen LogP contribution in [-0.2, 0) is 4.74 Å². The predicted octanol–water partition coefficient (Wildman–Crippen LogP) is 2.61. The number of ether oxygens (including phenoxy) is 1. The molecule has 0 radical (unpaired) electrons. The molecular formula is C16H27N3O. The van der Waals surface area contributed by atoms with Gasteiger partial charge in [0.15, 0.2) is 0 Å². The Kier molecular flexibility index (Phi) is 5.80. The molecule has 2 rings (SSSR count).